The first-order valence-electron chi connectivity index (χ1n) is 5.37. The SMILES string of the molecule is COCC(O)CN(C)S(=O)(=O)c1cc(Cl)ccc1Cl. The number of methoxy groups -OCH3 is 1. The van der Waals surface area contributed by atoms with E-state index in [9.17, 15) is 13.5 Å². The number of aliphatic hydroxyl groups excluding tert-OH is 1. The molecule has 1 atom stereocenters. The van der Waals surface area contributed by atoms with Gasteiger partial charge in [-0.15, -0.1) is 0 Å². The van der Waals surface area contributed by atoms with Crippen LogP contribution in [0.3, 0.4) is 0 Å². The molecule has 1 rings (SSSR count). The van der Waals surface area contributed by atoms with Crippen molar-refractivity contribution in [2.24, 2.45) is 0 Å². The number of ether oxygens (including phenoxy) is 1. The van der Waals surface area contributed by atoms with E-state index in [0.717, 1.165) is 4.31 Å². The van der Waals surface area contributed by atoms with E-state index < -0.39 is 16.1 Å². The quantitative estimate of drug-likeness (QED) is 0.862. The van der Waals surface area contributed by atoms with E-state index in [2.05, 4.69) is 0 Å². The molecule has 0 aliphatic carbocycles. The highest BCUT2D eigenvalue weighted by molar-refractivity contribution is 7.89. The minimum absolute atomic E-state index is 0.0448. The van der Waals surface area contributed by atoms with Gasteiger partial charge in [0.25, 0.3) is 0 Å². The molecule has 0 radical (unpaired) electrons. The fourth-order valence-corrected chi connectivity index (χ4v) is 3.42. The number of sulfonamides is 1. The number of likely N-dealkylation sites (N-methyl/N-ethyl adjacent to an activating group) is 1. The fraction of sp³-hybridized carbons (Fsp3) is 0.455. The van der Waals surface area contributed by atoms with Gasteiger partial charge in [0.15, 0.2) is 0 Å². The van der Waals surface area contributed by atoms with Crippen molar-refractivity contribution < 1.29 is 18.3 Å². The molecule has 1 unspecified atom stereocenters. The Morgan fingerprint density at radius 1 is 1.42 bits per heavy atom. The Morgan fingerprint density at radius 3 is 2.63 bits per heavy atom. The van der Waals surface area contributed by atoms with Gasteiger partial charge in [0.2, 0.25) is 10.0 Å². The van der Waals surface area contributed by atoms with Gasteiger partial charge >= 0.3 is 0 Å². The maximum absolute atomic E-state index is 12.3. The lowest BCUT2D eigenvalue weighted by molar-refractivity contribution is 0.0554. The molecule has 0 aliphatic rings. The highest BCUT2D eigenvalue weighted by Gasteiger charge is 2.25. The van der Waals surface area contributed by atoms with Crippen LogP contribution in [0.4, 0.5) is 0 Å². The Balaban J connectivity index is 3.00. The molecule has 0 spiro atoms. The molecule has 8 heteroatoms. The first-order chi connectivity index (χ1) is 8.78. The van der Waals surface area contributed by atoms with Crippen molar-refractivity contribution in [2.45, 2.75) is 11.0 Å². The Hall–Kier alpha value is -0.370. The summed E-state index contributed by atoms with van der Waals surface area (Å²) in [5.41, 5.74) is 0. The summed E-state index contributed by atoms with van der Waals surface area (Å²) in [5.74, 6) is 0. The first kappa shape index (κ1) is 16.7. The molecule has 1 aromatic carbocycles. The Morgan fingerprint density at radius 2 is 2.05 bits per heavy atom. The average molecular weight is 328 g/mol. The number of nitrogens with zero attached hydrogens (tertiary/aromatic N) is 1. The molecule has 0 aromatic heterocycles. The van der Waals surface area contributed by atoms with E-state index in [1.54, 1.807) is 0 Å². The molecular weight excluding hydrogens is 313 g/mol. The van der Waals surface area contributed by atoms with Crippen molar-refractivity contribution in [3.63, 3.8) is 0 Å². The van der Waals surface area contributed by atoms with Crippen LogP contribution in [0, 0.1) is 0 Å². The van der Waals surface area contributed by atoms with Gasteiger partial charge in [0, 0.05) is 25.7 Å². The molecule has 0 saturated heterocycles. The zero-order chi connectivity index (χ0) is 14.6. The summed E-state index contributed by atoms with van der Waals surface area (Å²) >= 11 is 11.6. The van der Waals surface area contributed by atoms with Crippen molar-refractivity contribution in [3.8, 4) is 0 Å². The second-order valence-corrected chi connectivity index (χ2v) is 6.83. The van der Waals surface area contributed by atoms with Crippen molar-refractivity contribution in [3.05, 3.63) is 28.2 Å². The van der Waals surface area contributed by atoms with Gasteiger partial charge < -0.3 is 9.84 Å². The summed E-state index contributed by atoms with van der Waals surface area (Å²) in [6.07, 6.45) is -0.914. The molecule has 0 amide bonds. The summed E-state index contributed by atoms with van der Waals surface area (Å²) in [6.45, 7) is -0.0534. The molecule has 0 heterocycles. The third kappa shape index (κ3) is 4.30. The lowest BCUT2D eigenvalue weighted by Crippen LogP contribution is -2.36. The Labute approximate surface area is 122 Å². The van der Waals surface area contributed by atoms with E-state index in [0.29, 0.717) is 0 Å². The molecule has 5 nitrogen and oxygen atoms in total. The van der Waals surface area contributed by atoms with Gasteiger partial charge in [-0.1, -0.05) is 23.2 Å². The van der Waals surface area contributed by atoms with Crippen LogP contribution in [0.5, 0.6) is 0 Å². The molecular formula is C11H15Cl2NO4S. The van der Waals surface area contributed by atoms with E-state index >= 15 is 0 Å². The van der Waals surface area contributed by atoms with E-state index in [-0.39, 0.29) is 28.1 Å². The van der Waals surface area contributed by atoms with Crippen LogP contribution in [0.1, 0.15) is 0 Å². The van der Waals surface area contributed by atoms with Crippen LogP contribution in [0.25, 0.3) is 0 Å². The van der Waals surface area contributed by atoms with Crippen LogP contribution < -0.4 is 0 Å². The lowest BCUT2D eigenvalue weighted by atomic mass is 10.4. The van der Waals surface area contributed by atoms with Crippen LogP contribution in [0.15, 0.2) is 23.1 Å². The standard InChI is InChI=1S/C11H15Cl2NO4S/c1-14(6-9(15)7-18-2)19(16,17)11-5-8(12)3-4-10(11)13/h3-5,9,15H,6-7H2,1-2H3. The third-order valence-electron chi connectivity index (χ3n) is 2.41. The van der Waals surface area contributed by atoms with Gasteiger partial charge in [-0.2, -0.15) is 4.31 Å². The van der Waals surface area contributed by atoms with Crippen molar-refractivity contribution >= 4 is 33.2 Å². The van der Waals surface area contributed by atoms with Gasteiger partial charge in [-0.05, 0) is 18.2 Å². The van der Waals surface area contributed by atoms with Crippen LogP contribution in [0.2, 0.25) is 10.0 Å². The van der Waals surface area contributed by atoms with Crippen LogP contribution in [-0.2, 0) is 14.8 Å². The monoisotopic (exact) mass is 327 g/mol. The van der Waals surface area contributed by atoms with E-state index in [1.165, 1.54) is 32.4 Å². The largest absolute Gasteiger partial charge is 0.389 e. The van der Waals surface area contributed by atoms with Gasteiger partial charge in [0.1, 0.15) is 4.90 Å². The number of rotatable bonds is 6. The highest BCUT2D eigenvalue weighted by atomic mass is 35.5. The number of halogens is 2. The summed E-state index contributed by atoms with van der Waals surface area (Å²) in [4.78, 5) is -0.0891. The average Bonchev–Trinajstić information content (AvgIpc) is 2.32. The van der Waals surface area contributed by atoms with E-state index in [4.69, 9.17) is 27.9 Å². The van der Waals surface area contributed by atoms with Gasteiger partial charge in [0.05, 0.1) is 17.7 Å². The zero-order valence-corrected chi connectivity index (χ0v) is 12.8. The van der Waals surface area contributed by atoms with Crippen molar-refractivity contribution in [1.82, 2.24) is 4.31 Å². The predicted molar refractivity (Wildman–Crippen MR) is 74.2 cm³/mol. The Bertz CT molecular complexity index is 535. The smallest absolute Gasteiger partial charge is 0.244 e. The summed E-state index contributed by atoms with van der Waals surface area (Å²) in [7, 11) is -1.03. The van der Waals surface area contributed by atoms with Crippen LogP contribution in [-0.4, -0.2) is 51.2 Å². The summed E-state index contributed by atoms with van der Waals surface area (Å²) < 4.78 is 30.3. The summed E-state index contributed by atoms with van der Waals surface area (Å²) in [6, 6.07) is 4.19. The second kappa shape index (κ2) is 6.88. The fourth-order valence-electron chi connectivity index (χ4n) is 1.48. The van der Waals surface area contributed by atoms with E-state index in [1.807, 2.05) is 0 Å². The molecule has 0 bridgehead atoms. The second-order valence-electron chi connectivity index (χ2n) is 3.97. The zero-order valence-electron chi connectivity index (χ0n) is 10.5. The molecule has 1 N–H and O–H groups in total. The molecule has 19 heavy (non-hydrogen) atoms. The number of hydrogen-bond acceptors (Lipinski definition) is 4. The summed E-state index contributed by atoms with van der Waals surface area (Å²) in [5, 5.41) is 9.92. The minimum atomic E-state index is -3.80. The van der Waals surface area contributed by atoms with Crippen molar-refractivity contribution in [1.29, 1.82) is 0 Å². The first-order valence-corrected chi connectivity index (χ1v) is 7.57. The normalized spacial score (nSPS) is 13.8. The van der Waals surface area contributed by atoms with Crippen LogP contribution >= 0.6 is 23.2 Å². The maximum Gasteiger partial charge on any atom is 0.244 e. The highest BCUT2D eigenvalue weighted by Crippen LogP contribution is 2.27. The van der Waals surface area contributed by atoms with Gasteiger partial charge in [-0.25, -0.2) is 8.42 Å². The third-order valence-corrected chi connectivity index (χ3v) is 4.95. The number of benzene rings is 1. The molecule has 0 saturated carbocycles. The molecule has 1 aromatic rings. The molecule has 108 valence electrons. The minimum Gasteiger partial charge on any atom is -0.389 e. The van der Waals surface area contributed by atoms with Gasteiger partial charge in [-0.3, -0.25) is 0 Å². The topological polar surface area (TPSA) is 66.8 Å². The maximum atomic E-state index is 12.3. The number of aliphatic hydroxyl groups is 1. The predicted octanol–water partition coefficient (Wildman–Crippen LogP) is 1.62. The lowest BCUT2D eigenvalue weighted by Gasteiger charge is -2.20. The number of hydrogen-bond donors (Lipinski definition) is 1. The Kier molecular flexibility index (Phi) is 6.04. The molecule has 0 fully saturated rings. The molecule has 0 aliphatic heterocycles. The van der Waals surface area contributed by atoms with Crippen molar-refractivity contribution in [2.75, 3.05) is 27.3 Å².